The number of halogens is 1. The Kier molecular flexibility index (Phi) is 5.29. The van der Waals surface area contributed by atoms with Gasteiger partial charge in [-0.2, -0.15) is 4.99 Å². The van der Waals surface area contributed by atoms with E-state index in [4.69, 9.17) is 14.2 Å². The van der Waals surface area contributed by atoms with Crippen LogP contribution in [-0.2, 0) is 11.3 Å². The molecule has 0 bridgehead atoms. The van der Waals surface area contributed by atoms with E-state index in [0.717, 1.165) is 14.7 Å². The topological polar surface area (TPSA) is 62.1 Å². The number of amides is 1. The van der Waals surface area contributed by atoms with Crippen LogP contribution in [0.3, 0.4) is 0 Å². The predicted molar refractivity (Wildman–Crippen MR) is 106 cm³/mol. The highest BCUT2D eigenvalue weighted by atomic mass is 79.9. The molecule has 1 aliphatic heterocycles. The minimum Gasteiger partial charge on any atom is -0.454 e. The van der Waals surface area contributed by atoms with E-state index in [9.17, 15) is 4.79 Å². The zero-order chi connectivity index (χ0) is 18.8. The van der Waals surface area contributed by atoms with Gasteiger partial charge in [0, 0.05) is 23.2 Å². The van der Waals surface area contributed by atoms with Crippen molar-refractivity contribution in [2.75, 3.05) is 20.0 Å². The summed E-state index contributed by atoms with van der Waals surface area (Å²) in [6.07, 6.45) is 0. The van der Waals surface area contributed by atoms with Crippen LogP contribution in [0.4, 0.5) is 0 Å². The first-order valence-electron chi connectivity index (χ1n) is 8.51. The van der Waals surface area contributed by atoms with Gasteiger partial charge >= 0.3 is 0 Å². The quantitative estimate of drug-likeness (QED) is 0.553. The van der Waals surface area contributed by atoms with Gasteiger partial charge in [0.1, 0.15) is 0 Å². The van der Waals surface area contributed by atoms with Crippen molar-refractivity contribution < 1.29 is 19.0 Å². The molecule has 0 saturated carbocycles. The van der Waals surface area contributed by atoms with Crippen LogP contribution in [0.2, 0.25) is 0 Å². The lowest BCUT2D eigenvalue weighted by molar-refractivity contribution is 0.0996. The molecule has 2 heterocycles. The van der Waals surface area contributed by atoms with Crippen molar-refractivity contribution in [1.29, 1.82) is 0 Å². The second kappa shape index (κ2) is 7.84. The fraction of sp³-hybridized carbons (Fsp3) is 0.263. The average molecular weight is 449 g/mol. The van der Waals surface area contributed by atoms with E-state index in [2.05, 4.69) is 20.9 Å². The maximum absolute atomic E-state index is 12.7. The number of thiazole rings is 1. The second-order valence-electron chi connectivity index (χ2n) is 5.83. The Labute approximate surface area is 168 Å². The van der Waals surface area contributed by atoms with Gasteiger partial charge in [0.25, 0.3) is 5.91 Å². The number of benzene rings is 2. The van der Waals surface area contributed by atoms with Crippen LogP contribution in [0.15, 0.2) is 45.9 Å². The second-order valence-corrected chi connectivity index (χ2v) is 7.76. The molecule has 3 aromatic rings. The van der Waals surface area contributed by atoms with Gasteiger partial charge in [-0.15, -0.1) is 0 Å². The maximum Gasteiger partial charge on any atom is 0.279 e. The molecule has 4 rings (SSSR count). The predicted octanol–water partition coefficient (Wildman–Crippen LogP) is 3.97. The molecule has 0 atom stereocenters. The fourth-order valence-corrected chi connectivity index (χ4v) is 4.44. The van der Waals surface area contributed by atoms with Crippen LogP contribution >= 0.6 is 27.3 Å². The zero-order valence-electron chi connectivity index (χ0n) is 14.6. The Morgan fingerprint density at radius 3 is 2.96 bits per heavy atom. The van der Waals surface area contributed by atoms with Gasteiger partial charge in [0.2, 0.25) is 6.79 Å². The van der Waals surface area contributed by atoms with Gasteiger partial charge < -0.3 is 18.8 Å². The lowest BCUT2D eigenvalue weighted by atomic mass is 10.2. The Hall–Kier alpha value is -2.16. The Balaban J connectivity index is 1.74. The first-order chi connectivity index (χ1) is 13.2. The van der Waals surface area contributed by atoms with Gasteiger partial charge in [-0.05, 0) is 43.3 Å². The van der Waals surface area contributed by atoms with Crippen molar-refractivity contribution in [3.63, 3.8) is 0 Å². The molecule has 8 heteroatoms. The number of aromatic nitrogens is 1. The molecule has 0 N–H and O–H groups in total. The highest BCUT2D eigenvalue weighted by Gasteiger charge is 2.16. The number of rotatable bonds is 5. The van der Waals surface area contributed by atoms with Crippen molar-refractivity contribution >= 4 is 43.4 Å². The van der Waals surface area contributed by atoms with Crippen LogP contribution in [0.5, 0.6) is 11.5 Å². The van der Waals surface area contributed by atoms with E-state index in [1.165, 1.54) is 11.3 Å². The highest BCUT2D eigenvalue weighted by molar-refractivity contribution is 9.10. The molecule has 0 aliphatic carbocycles. The lowest BCUT2D eigenvalue weighted by Gasteiger charge is -2.05. The first kappa shape index (κ1) is 18.2. The number of carbonyl (C=O) groups excluding carboxylic acids is 1. The highest BCUT2D eigenvalue weighted by Crippen LogP contribution is 2.32. The smallest absolute Gasteiger partial charge is 0.279 e. The van der Waals surface area contributed by atoms with E-state index >= 15 is 0 Å². The van der Waals surface area contributed by atoms with Crippen molar-refractivity contribution in [1.82, 2.24) is 4.57 Å². The molecular formula is C19H17BrN2O4S. The van der Waals surface area contributed by atoms with Crippen LogP contribution in [0.1, 0.15) is 17.3 Å². The van der Waals surface area contributed by atoms with Crippen molar-refractivity contribution in [3.05, 3.63) is 51.2 Å². The van der Waals surface area contributed by atoms with Gasteiger partial charge in [-0.1, -0.05) is 27.3 Å². The zero-order valence-corrected chi connectivity index (χ0v) is 17.0. The van der Waals surface area contributed by atoms with Crippen LogP contribution in [0.25, 0.3) is 10.2 Å². The Morgan fingerprint density at radius 2 is 2.11 bits per heavy atom. The molecule has 0 fully saturated rings. The minimum atomic E-state index is -0.316. The van der Waals surface area contributed by atoms with Crippen LogP contribution in [0, 0.1) is 0 Å². The molecule has 140 valence electrons. The molecule has 27 heavy (non-hydrogen) atoms. The van der Waals surface area contributed by atoms with Crippen molar-refractivity contribution in [2.45, 2.75) is 13.5 Å². The molecule has 0 saturated heterocycles. The number of carbonyl (C=O) groups is 1. The Morgan fingerprint density at radius 1 is 1.26 bits per heavy atom. The molecule has 0 unspecified atom stereocenters. The van der Waals surface area contributed by atoms with Crippen molar-refractivity contribution in [3.8, 4) is 11.5 Å². The van der Waals surface area contributed by atoms with Gasteiger partial charge in [0.05, 0.1) is 16.8 Å². The lowest BCUT2D eigenvalue weighted by Crippen LogP contribution is -2.19. The van der Waals surface area contributed by atoms with Gasteiger partial charge in [-0.25, -0.2) is 0 Å². The minimum absolute atomic E-state index is 0.173. The number of ether oxygens (including phenoxy) is 3. The van der Waals surface area contributed by atoms with E-state index in [1.807, 2.05) is 29.7 Å². The largest absolute Gasteiger partial charge is 0.454 e. The normalized spacial score (nSPS) is 13.5. The summed E-state index contributed by atoms with van der Waals surface area (Å²) in [6.45, 7) is 3.97. The summed E-state index contributed by atoms with van der Waals surface area (Å²) in [5, 5.41) is 0. The summed E-state index contributed by atoms with van der Waals surface area (Å²) < 4.78 is 20.2. The summed E-state index contributed by atoms with van der Waals surface area (Å²) in [5.41, 5.74) is 1.49. The molecule has 0 radical (unpaired) electrons. The van der Waals surface area contributed by atoms with E-state index in [1.54, 1.807) is 18.2 Å². The Bertz CT molecular complexity index is 1070. The van der Waals surface area contributed by atoms with E-state index in [-0.39, 0.29) is 12.7 Å². The summed E-state index contributed by atoms with van der Waals surface area (Å²) in [7, 11) is 0. The third-order valence-electron chi connectivity index (χ3n) is 4.12. The molecule has 0 spiro atoms. The fourth-order valence-electron chi connectivity index (χ4n) is 2.83. The first-order valence-corrected chi connectivity index (χ1v) is 10.1. The summed E-state index contributed by atoms with van der Waals surface area (Å²) in [4.78, 5) is 17.7. The molecule has 1 aliphatic rings. The summed E-state index contributed by atoms with van der Waals surface area (Å²) in [6, 6.07) is 11.1. The van der Waals surface area contributed by atoms with E-state index in [0.29, 0.717) is 41.6 Å². The van der Waals surface area contributed by atoms with Gasteiger partial charge in [0.15, 0.2) is 16.3 Å². The number of hydrogen-bond acceptors (Lipinski definition) is 5. The summed E-state index contributed by atoms with van der Waals surface area (Å²) in [5.74, 6) is 0.898. The number of nitrogens with zero attached hydrogens (tertiary/aromatic N) is 2. The molecule has 2 aromatic carbocycles. The standard InChI is InChI=1S/C19H17BrN2O4S/c1-2-24-8-7-22-14-5-4-13(20)10-17(14)27-19(22)21-18(23)12-3-6-15-16(9-12)26-11-25-15/h3-6,9-10H,2,7-8,11H2,1H3. The molecule has 6 nitrogen and oxygen atoms in total. The monoisotopic (exact) mass is 448 g/mol. The molecular weight excluding hydrogens is 432 g/mol. The maximum atomic E-state index is 12.7. The van der Waals surface area contributed by atoms with Crippen molar-refractivity contribution in [2.24, 2.45) is 4.99 Å². The molecule has 1 aromatic heterocycles. The van der Waals surface area contributed by atoms with Crippen LogP contribution < -0.4 is 14.3 Å². The third kappa shape index (κ3) is 3.78. The molecule has 1 amide bonds. The van der Waals surface area contributed by atoms with Gasteiger partial charge in [-0.3, -0.25) is 4.79 Å². The number of fused-ring (bicyclic) bond motifs is 2. The third-order valence-corrected chi connectivity index (χ3v) is 5.66. The number of hydrogen-bond donors (Lipinski definition) is 0. The van der Waals surface area contributed by atoms with E-state index < -0.39 is 0 Å². The average Bonchev–Trinajstić information content (AvgIpc) is 3.25. The SMILES string of the molecule is CCOCCn1c(=NC(=O)c2ccc3c(c2)OCO3)sc2cc(Br)ccc21. The summed E-state index contributed by atoms with van der Waals surface area (Å²) >= 11 is 4.97. The van der Waals surface area contributed by atoms with Crippen LogP contribution in [-0.4, -0.2) is 30.5 Å².